The van der Waals surface area contributed by atoms with Gasteiger partial charge in [0.1, 0.15) is 0 Å². The van der Waals surface area contributed by atoms with Gasteiger partial charge in [-0.15, -0.1) is 0 Å². The van der Waals surface area contributed by atoms with Crippen LogP contribution < -0.4 is 5.32 Å². The van der Waals surface area contributed by atoms with Crippen LogP contribution in [0.3, 0.4) is 0 Å². The van der Waals surface area contributed by atoms with E-state index in [2.05, 4.69) is 31.0 Å². The number of carboxylic acids is 1. The number of nitrogens with one attached hydrogen (secondary N) is 1. The Morgan fingerprint density at radius 2 is 1.70 bits per heavy atom. The fraction of sp³-hybridized carbons (Fsp3) is 0.905. The Morgan fingerprint density at radius 1 is 1.07 bits per heavy atom. The first kappa shape index (κ1) is 20.6. The predicted molar refractivity (Wildman–Crippen MR) is 106 cm³/mol. The van der Waals surface area contributed by atoms with Gasteiger partial charge in [-0.05, 0) is 49.9 Å². The van der Waals surface area contributed by atoms with Crippen LogP contribution in [0.25, 0.3) is 0 Å². The van der Waals surface area contributed by atoms with Gasteiger partial charge in [0.2, 0.25) is 5.91 Å². The maximum atomic E-state index is 12.4. The van der Waals surface area contributed by atoms with Crippen molar-refractivity contribution in [2.45, 2.75) is 83.8 Å². The molecule has 27 heavy (non-hydrogen) atoms. The fourth-order valence-corrected chi connectivity index (χ4v) is 4.36. The van der Waals surface area contributed by atoms with Crippen LogP contribution in [-0.4, -0.2) is 71.1 Å². The van der Waals surface area contributed by atoms with E-state index in [9.17, 15) is 9.59 Å². The maximum Gasteiger partial charge on any atom is 0.317 e. The Kier molecular flexibility index (Phi) is 6.46. The van der Waals surface area contributed by atoms with E-state index in [4.69, 9.17) is 5.11 Å². The average Bonchev–Trinajstić information content (AvgIpc) is 3.32. The Morgan fingerprint density at radius 3 is 2.22 bits per heavy atom. The summed E-state index contributed by atoms with van der Waals surface area (Å²) < 4.78 is 0. The summed E-state index contributed by atoms with van der Waals surface area (Å²) in [6.45, 7) is 9.19. The predicted octanol–water partition coefficient (Wildman–Crippen LogP) is 2.33. The molecule has 2 N–H and O–H groups in total. The standard InChI is InChI=1S/C21H37N3O3/c1-21(2,3)12-19(25)23-8-6-16(7-9-23)22-17-10-18(11-17)24(14-20(26)27)13-15-4-5-15/h15-18,22H,4-14H2,1-3H3,(H,26,27). The van der Waals surface area contributed by atoms with Gasteiger partial charge in [0.05, 0.1) is 6.54 Å². The Labute approximate surface area is 163 Å². The molecule has 154 valence electrons. The molecule has 6 nitrogen and oxygen atoms in total. The van der Waals surface area contributed by atoms with Gasteiger partial charge in [-0.3, -0.25) is 14.5 Å². The lowest BCUT2D eigenvalue weighted by Gasteiger charge is -2.45. The quantitative estimate of drug-likeness (QED) is 0.677. The van der Waals surface area contributed by atoms with Gasteiger partial charge in [0.25, 0.3) is 0 Å². The normalized spacial score (nSPS) is 26.9. The van der Waals surface area contributed by atoms with Gasteiger partial charge in [-0.2, -0.15) is 0 Å². The molecule has 1 saturated heterocycles. The minimum atomic E-state index is -0.709. The highest BCUT2D eigenvalue weighted by molar-refractivity contribution is 5.76. The summed E-state index contributed by atoms with van der Waals surface area (Å²) in [7, 11) is 0. The van der Waals surface area contributed by atoms with Crippen LogP contribution in [0.5, 0.6) is 0 Å². The van der Waals surface area contributed by atoms with E-state index in [1.165, 1.54) is 12.8 Å². The number of aliphatic carboxylic acids is 1. The monoisotopic (exact) mass is 379 g/mol. The average molecular weight is 380 g/mol. The molecule has 0 bridgehead atoms. The number of piperidine rings is 1. The molecule has 0 radical (unpaired) electrons. The van der Waals surface area contributed by atoms with Gasteiger partial charge in [-0.1, -0.05) is 20.8 Å². The molecule has 0 aromatic carbocycles. The Bertz CT molecular complexity index is 527. The van der Waals surface area contributed by atoms with Crippen molar-refractivity contribution >= 4 is 11.9 Å². The highest BCUT2D eigenvalue weighted by atomic mass is 16.4. The highest BCUT2D eigenvalue weighted by Crippen LogP contribution is 2.34. The van der Waals surface area contributed by atoms with Gasteiger partial charge >= 0.3 is 5.97 Å². The second-order valence-electron chi connectivity index (χ2n) is 10.1. The van der Waals surface area contributed by atoms with Gasteiger partial charge < -0.3 is 15.3 Å². The molecule has 1 heterocycles. The van der Waals surface area contributed by atoms with E-state index >= 15 is 0 Å². The van der Waals surface area contributed by atoms with E-state index in [1.54, 1.807) is 0 Å². The van der Waals surface area contributed by atoms with Crippen molar-refractivity contribution < 1.29 is 14.7 Å². The summed E-state index contributed by atoms with van der Waals surface area (Å²) in [6, 6.07) is 1.42. The molecule has 3 fully saturated rings. The molecule has 6 heteroatoms. The summed E-state index contributed by atoms with van der Waals surface area (Å²) in [4.78, 5) is 27.7. The number of carbonyl (C=O) groups excluding carboxylic acids is 1. The number of amides is 1. The SMILES string of the molecule is CC(C)(C)CC(=O)N1CCC(NC2CC(N(CC(=O)O)CC3CC3)C2)CC1. The first-order chi connectivity index (χ1) is 12.7. The van der Waals surface area contributed by atoms with E-state index in [-0.39, 0.29) is 17.9 Å². The number of carboxylic acid groups (broad SMARTS) is 1. The second-order valence-corrected chi connectivity index (χ2v) is 10.1. The van der Waals surface area contributed by atoms with E-state index < -0.39 is 5.97 Å². The summed E-state index contributed by atoms with van der Waals surface area (Å²) in [5.74, 6) is 0.305. The Hall–Kier alpha value is -1.14. The zero-order chi connectivity index (χ0) is 19.6. The lowest BCUT2D eigenvalue weighted by atomic mass is 9.84. The van der Waals surface area contributed by atoms with Crippen LogP contribution in [0.4, 0.5) is 0 Å². The molecule has 2 saturated carbocycles. The van der Waals surface area contributed by atoms with E-state index in [0.717, 1.165) is 51.2 Å². The molecule has 3 aliphatic rings. The minimum Gasteiger partial charge on any atom is -0.480 e. The maximum absolute atomic E-state index is 12.4. The zero-order valence-corrected chi connectivity index (χ0v) is 17.2. The van der Waals surface area contributed by atoms with Crippen LogP contribution in [0.1, 0.15) is 65.7 Å². The molecule has 0 aromatic heterocycles. The third kappa shape index (κ3) is 6.46. The number of hydrogen-bond donors (Lipinski definition) is 2. The van der Waals surface area contributed by atoms with Gasteiger partial charge in [-0.25, -0.2) is 0 Å². The lowest BCUT2D eigenvalue weighted by molar-refractivity contribution is -0.140. The van der Waals surface area contributed by atoms with Crippen LogP contribution in [0.2, 0.25) is 0 Å². The lowest BCUT2D eigenvalue weighted by Crippen LogP contribution is -2.57. The van der Waals surface area contributed by atoms with Crippen LogP contribution >= 0.6 is 0 Å². The summed E-state index contributed by atoms with van der Waals surface area (Å²) in [6.07, 6.45) is 7.31. The third-order valence-electron chi connectivity index (χ3n) is 6.16. The molecule has 0 aromatic rings. The van der Waals surface area contributed by atoms with Crippen molar-refractivity contribution in [3.8, 4) is 0 Å². The molecule has 2 aliphatic carbocycles. The van der Waals surface area contributed by atoms with Crippen molar-refractivity contribution in [3.63, 3.8) is 0 Å². The van der Waals surface area contributed by atoms with Crippen LogP contribution in [0.15, 0.2) is 0 Å². The number of likely N-dealkylation sites (tertiary alicyclic amines) is 1. The van der Waals surface area contributed by atoms with Crippen molar-refractivity contribution in [1.82, 2.24) is 15.1 Å². The molecule has 1 amide bonds. The number of rotatable bonds is 8. The van der Waals surface area contributed by atoms with Crippen molar-refractivity contribution in [2.24, 2.45) is 11.3 Å². The molecular weight excluding hydrogens is 342 g/mol. The van der Waals surface area contributed by atoms with Gasteiger partial charge in [0.15, 0.2) is 0 Å². The summed E-state index contributed by atoms with van der Waals surface area (Å²) in [5.41, 5.74) is 0.0510. The zero-order valence-electron chi connectivity index (χ0n) is 17.2. The largest absolute Gasteiger partial charge is 0.480 e. The number of carbonyl (C=O) groups is 2. The number of nitrogens with zero attached hydrogens (tertiary/aromatic N) is 2. The molecule has 0 spiro atoms. The first-order valence-electron chi connectivity index (χ1n) is 10.7. The van der Waals surface area contributed by atoms with Crippen molar-refractivity contribution in [3.05, 3.63) is 0 Å². The van der Waals surface area contributed by atoms with Crippen LogP contribution in [0, 0.1) is 11.3 Å². The smallest absolute Gasteiger partial charge is 0.317 e. The van der Waals surface area contributed by atoms with Crippen molar-refractivity contribution in [2.75, 3.05) is 26.2 Å². The van der Waals surface area contributed by atoms with Gasteiger partial charge in [0, 0.05) is 44.2 Å². The first-order valence-corrected chi connectivity index (χ1v) is 10.7. The van der Waals surface area contributed by atoms with Crippen LogP contribution in [-0.2, 0) is 9.59 Å². The Balaban J connectivity index is 1.35. The summed E-state index contributed by atoms with van der Waals surface area (Å²) in [5, 5.41) is 12.9. The van der Waals surface area contributed by atoms with E-state index in [0.29, 0.717) is 24.5 Å². The summed E-state index contributed by atoms with van der Waals surface area (Å²) >= 11 is 0. The third-order valence-corrected chi connectivity index (χ3v) is 6.16. The van der Waals surface area contributed by atoms with E-state index in [1.807, 2.05) is 4.90 Å². The molecule has 0 unspecified atom stereocenters. The highest BCUT2D eigenvalue weighted by Gasteiger charge is 2.38. The molecule has 1 aliphatic heterocycles. The molecular formula is C21H37N3O3. The number of hydrogen-bond acceptors (Lipinski definition) is 4. The second kappa shape index (κ2) is 8.48. The fourth-order valence-electron chi connectivity index (χ4n) is 4.36. The molecule has 3 rings (SSSR count). The van der Waals surface area contributed by atoms with Crippen molar-refractivity contribution in [1.29, 1.82) is 0 Å². The topological polar surface area (TPSA) is 72.9 Å². The molecule has 0 atom stereocenters. The minimum absolute atomic E-state index is 0.0510.